The van der Waals surface area contributed by atoms with E-state index >= 15 is 0 Å². The van der Waals surface area contributed by atoms with Crippen LogP contribution in [0.25, 0.3) is 0 Å². The molecule has 3 nitrogen and oxygen atoms in total. The third-order valence-electron chi connectivity index (χ3n) is 3.27. The van der Waals surface area contributed by atoms with E-state index < -0.39 is 0 Å². The molecule has 2 saturated heterocycles. The monoisotopic (exact) mass is 230 g/mol. The Hall–Kier alpha value is -0.280. The fourth-order valence-corrected chi connectivity index (χ4v) is 2.73. The molecule has 4 heteroatoms. The van der Waals surface area contributed by atoms with Crippen molar-refractivity contribution < 1.29 is 4.79 Å². The molecule has 1 unspecified atom stereocenters. The third kappa shape index (κ3) is 3.08. The van der Waals surface area contributed by atoms with E-state index in [1.54, 1.807) is 0 Å². The van der Waals surface area contributed by atoms with E-state index in [4.69, 9.17) is 11.6 Å². The molecule has 2 aliphatic rings. The Morgan fingerprint density at radius 3 is 2.60 bits per heavy atom. The average Bonchev–Trinajstić information content (AvgIpc) is 2.77. The molecule has 15 heavy (non-hydrogen) atoms. The van der Waals surface area contributed by atoms with Gasteiger partial charge in [-0.05, 0) is 38.9 Å². The molecule has 1 atom stereocenters. The Bertz CT molecular complexity index is 229. The summed E-state index contributed by atoms with van der Waals surface area (Å²) in [5, 5.41) is 0.0456. The van der Waals surface area contributed by atoms with Crippen LogP contribution in [0.1, 0.15) is 25.7 Å². The van der Waals surface area contributed by atoms with Crippen molar-refractivity contribution in [3.05, 3.63) is 0 Å². The van der Waals surface area contributed by atoms with E-state index in [2.05, 4.69) is 4.90 Å². The number of hydrogen-bond acceptors (Lipinski definition) is 2. The minimum absolute atomic E-state index is 0.0456. The van der Waals surface area contributed by atoms with Crippen LogP contribution < -0.4 is 0 Å². The Kier molecular flexibility index (Phi) is 3.87. The lowest BCUT2D eigenvalue weighted by molar-refractivity contribution is -0.127. The highest BCUT2D eigenvalue weighted by atomic mass is 35.5. The van der Waals surface area contributed by atoms with Gasteiger partial charge in [-0.1, -0.05) is 0 Å². The van der Waals surface area contributed by atoms with Crippen LogP contribution in [0.15, 0.2) is 0 Å². The SMILES string of the molecule is O=C1CC(Cl)CN1CCCN1CCCC1. The number of nitrogens with zero attached hydrogens (tertiary/aromatic N) is 2. The molecule has 0 bridgehead atoms. The molecule has 0 N–H and O–H groups in total. The van der Waals surface area contributed by atoms with Gasteiger partial charge in [0.05, 0.1) is 5.38 Å². The van der Waals surface area contributed by atoms with Gasteiger partial charge >= 0.3 is 0 Å². The lowest BCUT2D eigenvalue weighted by Crippen LogP contribution is -2.30. The number of rotatable bonds is 4. The van der Waals surface area contributed by atoms with Crippen LogP contribution in [0.2, 0.25) is 0 Å². The van der Waals surface area contributed by atoms with E-state index in [9.17, 15) is 4.79 Å². The van der Waals surface area contributed by atoms with Gasteiger partial charge in [-0.2, -0.15) is 0 Å². The quantitative estimate of drug-likeness (QED) is 0.680. The minimum atomic E-state index is 0.0456. The van der Waals surface area contributed by atoms with Gasteiger partial charge in [-0.25, -0.2) is 0 Å². The molecular formula is C11H19ClN2O. The number of halogens is 1. The van der Waals surface area contributed by atoms with Crippen LogP contribution in [0.4, 0.5) is 0 Å². The normalized spacial score (nSPS) is 27.9. The van der Waals surface area contributed by atoms with Crippen molar-refractivity contribution in [1.82, 2.24) is 9.80 Å². The lowest BCUT2D eigenvalue weighted by atomic mass is 10.3. The van der Waals surface area contributed by atoms with Crippen LogP contribution in [-0.2, 0) is 4.79 Å². The summed E-state index contributed by atoms with van der Waals surface area (Å²) < 4.78 is 0. The number of carbonyl (C=O) groups excluding carboxylic acids is 1. The van der Waals surface area contributed by atoms with Crippen LogP contribution >= 0.6 is 11.6 Å². The molecule has 0 radical (unpaired) electrons. The summed E-state index contributed by atoms with van der Waals surface area (Å²) >= 11 is 5.93. The number of amides is 1. The predicted molar refractivity (Wildman–Crippen MR) is 61.1 cm³/mol. The van der Waals surface area contributed by atoms with Gasteiger partial charge < -0.3 is 9.80 Å². The van der Waals surface area contributed by atoms with Crippen LogP contribution in [-0.4, -0.2) is 53.8 Å². The molecular weight excluding hydrogens is 212 g/mol. The highest BCUT2D eigenvalue weighted by molar-refractivity contribution is 6.22. The molecule has 0 aromatic rings. The van der Waals surface area contributed by atoms with E-state index in [1.165, 1.54) is 25.9 Å². The topological polar surface area (TPSA) is 23.6 Å². The fourth-order valence-electron chi connectivity index (χ4n) is 2.43. The highest BCUT2D eigenvalue weighted by Crippen LogP contribution is 2.16. The summed E-state index contributed by atoms with van der Waals surface area (Å²) in [6.45, 7) is 5.26. The van der Waals surface area contributed by atoms with Crippen LogP contribution in [0.3, 0.4) is 0 Å². The molecule has 2 fully saturated rings. The van der Waals surface area contributed by atoms with E-state index in [0.29, 0.717) is 6.42 Å². The van der Waals surface area contributed by atoms with Gasteiger partial charge in [0.25, 0.3) is 0 Å². The minimum Gasteiger partial charge on any atom is -0.341 e. The van der Waals surface area contributed by atoms with Crippen molar-refractivity contribution in [1.29, 1.82) is 0 Å². The van der Waals surface area contributed by atoms with Crippen molar-refractivity contribution in [3.8, 4) is 0 Å². The van der Waals surface area contributed by atoms with Gasteiger partial charge in [-0.15, -0.1) is 11.6 Å². The molecule has 0 aliphatic carbocycles. The zero-order valence-electron chi connectivity index (χ0n) is 9.12. The first kappa shape index (κ1) is 11.2. The van der Waals surface area contributed by atoms with Gasteiger partial charge in [-0.3, -0.25) is 4.79 Å². The maximum atomic E-state index is 11.4. The van der Waals surface area contributed by atoms with Gasteiger partial charge in [0, 0.05) is 19.5 Å². The molecule has 0 saturated carbocycles. The van der Waals surface area contributed by atoms with Crippen LogP contribution in [0, 0.1) is 0 Å². The Morgan fingerprint density at radius 2 is 2.00 bits per heavy atom. The fraction of sp³-hybridized carbons (Fsp3) is 0.909. The van der Waals surface area contributed by atoms with Gasteiger partial charge in [0.2, 0.25) is 5.91 Å². The third-order valence-corrected chi connectivity index (χ3v) is 3.56. The Morgan fingerprint density at radius 1 is 1.27 bits per heavy atom. The maximum Gasteiger partial charge on any atom is 0.224 e. The van der Waals surface area contributed by atoms with Crippen molar-refractivity contribution >= 4 is 17.5 Å². The summed E-state index contributed by atoms with van der Waals surface area (Å²) in [7, 11) is 0. The number of carbonyl (C=O) groups is 1. The Balaban J connectivity index is 1.63. The molecule has 1 amide bonds. The standard InChI is InChI=1S/C11H19ClN2O/c12-10-8-11(15)14(9-10)7-3-6-13-4-1-2-5-13/h10H,1-9H2. The number of hydrogen-bond donors (Lipinski definition) is 0. The second-order valence-electron chi connectivity index (χ2n) is 4.54. The smallest absolute Gasteiger partial charge is 0.224 e. The Labute approximate surface area is 96.4 Å². The van der Waals surface area contributed by atoms with E-state index in [1.807, 2.05) is 4.90 Å². The lowest BCUT2D eigenvalue weighted by Gasteiger charge is -2.19. The summed E-state index contributed by atoms with van der Waals surface area (Å²) in [5.41, 5.74) is 0. The van der Waals surface area contributed by atoms with Crippen molar-refractivity contribution in [2.75, 3.05) is 32.7 Å². The summed E-state index contributed by atoms with van der Waals surface area (Å²) in [6, 6.07) is 0. The number of likely N-dealkylation sites (tertiary alicyclic amines) is 2. The summed E-state index contributed by atoms with van der Waals surface area (Å²) in [4.78, 5) is 15.8. The zero-order valence-corrected chi connectivity index (χ0v) is 9.88. The summed E-state index contributed by atoms with van der Waals surface area (Å²) in [5.74, 6) is 0.233. The molecule has 0 spiro atoms. The largest absolute Gasteiger partial charge is 0.341 e. The first-order chi connectivity index (χ1) is 7.25. The van der Waals surface area contributed by atoms with Crippen molar-refractivity contribution in [3.63, 3.8) is 0 Å². The molecule has 0 aromatic heterocycles. The molecule has 2 rings (SSSR count). The molecule has 86 valence electrons. The first-order valence-electron chi connectivity index (χ1n) is 5.90. The molecule has 2 aliphatic heterocycles. The van der Waals surface area contributed by atoms with Crippen molar-refractivity contribution in [2.24, 2.45) is 0 Å². The van der Waals surface area contributed by atoms with Crippen molar-refractivity contribution in [2.45, 2.75) is 31.1 Å². The van der Waals surface area contributed by atoms with Crippen LogP contribution in [0.5, 0.6) is 0 Å². The highest BCUT2D eigenvalue weighted by Gasteiger charge is 2.27. The van der Waals surface area contributed by atoms with Gasteiger partial charge in [0.1, 0.15) is 0 Å². The predicted octanol–water partition coefficient (Wildman–Crippen LogP) is 1.31. The first-order valence-corrected chi connectivity index (χ1v) is 6.33. The zero-order chi connectivity index (χ0) is 10.7. The summed E-state index contributed by atoms with van der Waals surface area (Å²) in [6.07, 6.45) is 4.30. The average molecular weight is 231 g/mol. The number of alkyl halides is 1. The molecule has 0 aromatic carbocycles. The van der Waals surface area contributed by atoms with E-state index in [0.717, 1.165) is 26.1 Å². The van der Waals surface area contributed by atoms with E-state index in [-0.39, 0.29) is 11.3 Å². The second kappa shape index (κ2) is 5.17. The maximum absolute atomic E-state index is 11.4. The second-order valence-corrected chi connectivity index (χ2v) is 5.16. The van der Waals surface area contributed by atoms with Gasteiger partial charge in [0.15, 0.2) is 0 Å². The molecule has 2 heterocycles.